The van der Waals surface area contributed by atoms with Crippen LogP contribution in [0.25, 0.3) is 0 Å². The molecular weight excluding hydrogens is 202 g/mol. The Morgan fingerprint density at radius 2 is 2.19 bits per heavy atom. The first-order chi connectivity index (χ1) is 7.36. The summed E-state index contributed by atoms with van der Waals surface area (Å²) < 4.78 is 0. The average molecular weight is 223 g/mol. The van der Waals surface area contributed by atoms with E-state index in [4.69, 9.17) is 5.26 Å². The fourth-order valence-corrected chi connectivity index (χ4v) is 2.13. The summed E-state index contributed by atoms with van der Waals surface area (Å²) in [5.74, 6) is -0.0125. The van der Waals surface area contributed by atoms with E-state index in [1.807, 2.05) is 6.92 Å². The van der Waals surface area contributed by atoms with Gasteiger partial charge in [0.25, 0.3) is 0 Å². The summed E-state index contributed by atoms with van der Waals surface area (Å²) in [5, 5.41) is 11.8. The van der Waals surface area contributed by atoms with Crippen molar-refractivity contribution in [1.29, 1.82) is 5.26 Å². The van der Waals surface area contributed by atoms with Crippen LogP contribution in [-0.4, -0.2) is 35.0 Å². The molecule has 1 fully saturated rings. The van der Waals surface area contributed by atoms with Crippen LogP contribution in [0.15, 0.2) is 0 Å². The standard InChI is InChI=1S/C12H21N3O/c1-9-6-8-15(12(2,3)4)10(5-7-13)11(16)14-9/h9-10H,5-6,8H2,1-4H3,(H,14,16). The van der Waals surface area contributed by atoms with Gasteiger partial charge in [0, 0.05) is 18.1 Å². The summed E-state index contributed by atoms with van der Waals surface area (Å²) in [6.07, 6.45) is 1.20. The molecule has 1 saturated heterocycles. The van der Waals surface area contributed by atoms with Crippen molar-refractivity contribution < 1.29 is 4.79 Å². The van der Waals surface area contributed by atoms with Crippen molar-refractivity contribution >= 4 is 5.91 Å². The van der Waals surface area contributed by atoms with E-state index in [0.717, 1.165) is 13.0 Å². The molecule has 90 valence electrons. The van der Waals surface area contributed by atoms with Crippen molar-refractivity contribution in [2.75, 3.05) is 6.54 Å². The molecule has 0 spiro atoms. The van der Waals surface area contributed by atoms with E-state index in [1.165, 1.54) is 0 Å². The molecule has 0 saturated carbocycles. The van der Waals surface area contributed by atoms with Crippen LogP contribution in [0, 0.1) is 11.3 Å². The van der Waals surface area contributed by atoms with Crippen LogP contribution in [-0.2, 0) is 4.79 Å². The minimum absolute atomic E-state index is 0.0125. The van der Waals surface area contributed by atoms with E-state index in [9.17, 15) is 4.79 Å². The summed E-state index contributed by atoms with van der Waals surface area (Å²) >= 11 is 0. The van der Waals surface area contributed by atoms with Crippen molar-refractivity contribution in [2.24, 2.45) is 0 Å². The van der Waals surface area contributed by atoms with Crippen LogP contribution in [0.1, 0.15) is 40.5 Å². The molecule has 1 aliphatic heterocycles. The van der Waals surface area contributed by atoms with Gasteiger partial charge in [0.1, 0.15) is 6.04 Å². The third-order valence-corrected chi connectivity index (χ3v) is 3.02. The van der Waals surface area contributed by atoms with E-state index >= 15 is 0 Å². The van der Waals surface area contributed by atoms with Crippen molar-refractivity contribution in [3.63, 3.8) is 0 Å². The Kier molecular flexibility index (Phi) is 3.93. The van der Waals surface area contributed by atoms with Crippen LogP contribution >= 0.6 is 0 Å². The maximum Gasteiger partial charge on any atom is 0.238 e. The molecule has 2 atom stereocenters. The molecule has 0 radical (unpaired) electrons. The van der Waals surface area contributed by atoms with Crippen LogP contribution in [0.2, 0.25) is 0 Å². The number of carbonyl (C=O) groups excluding carboxylic acids is 1. The molecule has 4 nitrogen and oxygen atoms in total. The van der Waals surface area contributed by atoms with E-state index in [2.05, 4.69) is 37.1 Å². The quantitative estimate of drug-likeness (QED) is 0.728. The summed E-state index contributed by atoms with van der Waals surface area (Å²) in [6.45, 7) is 9.12. The van der Waals surface area contributed by atoms with Crippen molar-refractivity contribution in [3.05, 3.63) is 0 Å². The highest BCUT2D eigenvalue weighted by molar-refractivity contribution is 5.82. The van der Waals surface area contributed by atoms with Crippen molar-refractivity contribution in [2.45, 2.75) is 58.2 Å². The highest BCUT2D eigenvalue weighted by Crippen LogP contribution is 2.22. The van der Waals surface area contributed by atoms with E-state index in [-0.39, 0.29) is 30.0 Å². The lowest BCUT2D eigenvalue weighted by Gasteiger charge is -2.38. The fraction of sp³-hybridized carbons (Fsp3) is 0.833. The van der Waals surface area contributed by atoms with Gasteiger partial charge in [-0.15, -0.1) is 0 Å². The lowest BCUT2D eigenvalue weighted by Crippen LogP contribution is -2.52. The Labute approximate surface area is 97.6 Å². The Hall–Kier alpha value is -1.08. The number of hydrogen-bond acceptors (Lipinski definition) is 3. The first-order valence-electron chi connectivity index (χ1n) is 5.80. The van der Waals surface area contributed by atoms with Gasteiger partial charge >= 0.3 is 0 Å². The second-order valence-electron chi connectivity index (χ2n) is 5.44. The topological polar surface area (TPSA) is 56.1 Å². The van der Waals surface area contributed by atoms with Gasteiger partial charge in [-0.05, 0) is 34.1 Å². The number of hydrogen-bond donors (Lipinski definition) is 1. The highest BCUT2D eigenvalue weighted by atomic mass is 16.2. The molecule has 1 rings (SSSR count). The normalized spacial score (nSPS) is 28.1. The molecule has 0 aromatic carbocycles. The van der Waals surface area contributed by atoms with Crippen LogP contribution in [0.5, 0.6) is 0 Å². The number of nitrogens with zero attached hydrogens (tertiary/aromatic N) is 2. The highest BCUT2D eigenvalue weighted by Gasteiger charge is 2.36. The van der Waals surface area contributed by atoms with Gasteiger partial charge in [0.2, 0.25) is 5.91 Å². The third-order valence-electron chi connectivity index (χ3n) is 3.02. The Balaban J connectivity index is 2.93. The second-order valence-corrected chi connectivity index (χ2v) is 5.44. The van der Waals surface area contributed by atoms with Crippen molar-refractivity contribution in [3.8, 4) is 6.07 Å². The molecule has 0 bridgehead atoms. The Morgan fingerprint density at radius 3 is 2.69 bits per heavy atom. The van der Waals surface area contributed by atoms with Gasteiger partial charge in [-0.25, -0.2) is 0 Å². The fourth-order valence-electron chi connectivity index (χ4n) is 2.13. The molecular formula is C12H21N3O. The van der Waals surface area contributed by atoms with Gasteiger partial charge in [-0.1, -0.05) is 0 Å². The summed E-state index contributed by atoms with van der Waals surface area (Å²) in [5.41, 5.74) is -0.0804. The zero-order valence-corrected chi connectivity index (χ0v) is 10.6. The second kappa shape index (κ2) is 4.84. The lowest BCUT2D eigenvalue weighted by molar-refractivity contribution is -0.127. The Morgan fingerprint density at radius 1 is 1.56 bits per heavy atom. The first-order valence-corrected chi connectivity index (χ1v) is 5.80. The van der Waals surface area contributed by atoms with E-state index in [0.29, 0.717) is 0 Å². The van der Waals surface area contributed by atoms with Crippen LogP contribution in [0.4, 0.5) is 0 Å². The molecule has 0 aliphatic carbocycles. The number of nitrogens with one attached hydrogen (secondary N) is 1. The van der Waals surface area contributed by atoms with Gasteiger partial charge < -0.3 is 5.32 Å². The molecule has 0 aromatic heterocycles. The average Bonchev–Trinajstić information content (AvgIpc) is 2.26. The molecule has 16 heavy (non-hydrogen) atoms. The lowest BCUT2D eigenvalue weighted by atomic mass is 10.0. The molecule has 1 amide bonds. The number of carbonyl (C=O) groups is 1. The number of nitriles is 1. The number of rotatable bonds is 1. The smallest absolute Gasteiger partial charge is 0.238 e. The molecule has 1 heterocycles. The largest absolute Gasteiger partial charge is 0.352 e. The zero-order chi connectivity index (χ0) is 12.3. The molecule has 4 heteroatoms. The summed E-state index contributed by atoms with van der Waals surface area (Å²) in [7, 11) is 0. The van der Waals surface area contributed by atoms with Crippen LogP contribution < -0.4 is 5.32 Å². The van der Waals surface area contributed by atoms with Gasteiger partial charge in [-0.3, -0.25) is 9.69 Å². The first kappa shape index (κ1) is 13.0. The van der Waals surface area contributed by atoms with Gasteiger partial charge in [0.15, 0.2) is 0 Å². The van der Waals surface area contributed by atoms with Crippen LogP contribution in [0.3, 0.4) is 0 Å². The minimum atomic E-state index is -0.310. The molecule has 2 unspecified atom stereocenters. The summed E-state index contributed by atoms with van der Waals surface area (Å²) in [6, 6.07) is 2.00. The maximum atomic E-state index is 12.0. The van der Waals surface area contributed by atoms with E-state index < -0.39 is 0 Å². The maximum absolute atomic E-state index is 12.0. The minimum Gasteiger partial charge on any atom is -0.352 e. The monoisotopic (exact) mass is 223 g/mol. The predicted octanol–water partition coefficient (Wildman–Crippen LogP) is 1.28. The van der Waals surface area contributed by atoms with Crippen molar-refractivity contribution in [1.82, 2.24) is 10.2 Å². The molecule has 1 N–H and O–H groups in total. The Bertz CT molecular complexity index is 300. The SMILES string of the molecule is CC1CCN(C(C)(C)C)C(CC#N)C(=O)N1. The zero-order valence-electron chi connectivity index (χ0n) is 10.6. The molecule has 0 aromatic rings. The van der Waals surface area contributed by atoms with Gasteiger partial charge in [0.05, 0.1) is 12.5 Å². The van der Waals surface area contributed by atoms with Gasteiger partial charge in [-0.2, -0.15) is 5.26 Å². The third kappa shape index (κ3) is 2.96. The van der Waals surface area contributed by atoms with E-state index in [1.54, 1.807) is 0 Å². The number of amides is 1. The summed E-state index contributed by atoms with van der Waals surface area (Å²) in [4.78, 5) is 14.1. The molecule has 1 aliphatic rings. The predicted molar refractivity (Wildman–Crippen MR) is 62.7 cm³/mol.